The second-order valence-electron chi connectivity index (χ2n) is 23.8. The van der Waals surface area contributed by atoms with Gasteiger partial charge in [-0.15, -0.1) is 0 Å². The highest BCUT2D eigenvalue weighted by atomic mass is 31.2. The third kappa shape index (κ3) is 38.4. The molecule has 0 radical (unpaired) electrons. The van der Waals surface area contributed by atoms with Crippen molar-refractivity contribution in [1.82, 2.24) is 16.0 Å². The van der Waals surface area contributed by atoms with Gasteiger partial charge in [-0.25, -0.2) is 13.7 Å². The Morgan fingerprint density at radius 1 is 0.474 bits per heavy atom. The highest BCUT2D eigenvalue weighted by Gasteiger charge is 2.47. The summed E-state index contributed by atoms with van der Waals surface area (Å²) in [5.74, 6) is -1.70. The lowest BCUT2D eigenvalue weighted by atomic mass is 9.91. The monoisotopic (exact) mass is 1470 g/mol. The molecule has 39 heteroatoms. The summed E-state index contributed by atoms with van der Waals surface area (Å²) in [7, 11) is -13.4. The van der Waals surface area contributed by atoms with Crippen LogP contribution < -0.4 is 16.0 Å². The number of carbonyl (C=O) groups excluding carboxylic acids is 3. The normalized spacial score (nSPS) is 25.3. The molecule has 0 aromatic rings. The van der Waals surface area contributed by atoms with Crippen LogP contribution in [0, 0.1) is 5.92 Å². The van der Waals surface area contributed by atoms with E-state index in [1.54, 1.807) is 0 Å². The quantitative estimate of drug-likeness (QED) is 0.0220. The number of phosphoric ester groups is 3. The molecule has 2 aliphatic heterocycles. The van der Waals surface area contributed by atoms with Gasteiger partial charge in [0.25, 0.3) is 0 Å². The highest BCUT2D eigenvalue weighted by molar-refractivity contribution is 7.47. The molecule has 0 bridgehead atoms. The van der Waals surface area contributed by atoms with Gasteiger partial charge < -0.3 is 119 Å². The summed E-state index contributed by atoms with van der Waals surface area (Å²) in [6.45, 7) is 5.95. The summed E-state index contributed by atoms with van der Waals surface area (Å²) in [5, 5.41) is 97.2. The largest absolute Gasteiger partial charge is 0.472 e. The Kier molecular flexibility index (Phi) is 47.4. The van der Waals surface area contributed by atoms with Crippen LogP contribution in [0.1, 0.15) is 138 Å². The zero-order valence-electron chi connectivity index (χ0n) is 56.8. The van der Waals surface area contributed by atoms with Crippen LogP contribution >= 0.6 is 23.5 Å². The summed E-state index contributed by atoms with van der Waals surface area (Å²) in [5.41, 5.74) is -1.14. The molecule has 0 aliphatic carbocycles. The zero-order chi connectivity index (χ0) is 72.5. The van der Waals surface area contributed by atoms with Crippen molar-refractivity contribution in [2.75, 3.05) is 119 Å². The Morgan fingerprint density at radius 2 is 0.835 bits per heavy atom. The van der Waals surface area contributed by atoms with E-state index in [2.05, 4.69) is 16.0 Å². The van der Waals surface area contributed by atoms with Crippen molar-refractivity contribution >= 4 is 41.2 Å². The highest BCUT2D eigenvalue weighted by Crippen LogP contribution is 2.45. The van der Waals surface area contributed by atoms with Gasteiger partial charge in [-0.2, -0.15) is 0 Å². The number of nitrogens with one attached hydrogen (secondary N) is 3. The fourth-order valence-electron chi connectivity index (χ4n) is 9.65. The predicted molar refractivity (Wildman–Crippen MR) is 340 cm³/mol. The van der Waals surface area contributed by atoms with Crippen LogP contribution in [0.4, 0.5) is 0 Å². The fraction of sp³-hybridized carbons (Fsp3) is 0.948. The number of aliphatic hydroxyl groups excluding tert-OH is 9. The zero-order valence-corrected chi connectivity index (χ0v) is 59.5. The number of rotatable bonds is 59. The van der Waals surface area contributed by atoms with Crippen molar-refractivity contribution < 1.29 is 158 Å². The van der Waals surface area contributed by atoms with Crippen LogP contribution in [-0.2, 0) is 97.9 Å². The number of ether oxygens (including phenoxy) is 9. The standard InChI is InChI=1S/C58H114N3O33P3/c1-40(2)58(85-27-21-33-91-97(78,79)88-30-16-10-7-13-24-82-55(45(34-62)59-42(4)67)92-46(35-63)41(3)66,38-80-22-19-31-89-95(74,75)86-28-17-11-8-14-25-83-56-49(60-43(5)68)53(72)51(70)47(36-64)93-56)39-81-23-20-32-90-96(76,77)87-29-18-12-9-15-26-84-57-50(61-44(6)69)54(73)52(71)48(37-65)94-57/h40-41,45-57,62-66,70-73H,7-39H2,1-6H3,(H,59,67)(H,60,68)(H,61,69)(H,74,75)(H,76,77)(H,78,79)/t41-,45+,46?,47?,48?,49?,50?,51?,52?,53?,54?,55?,56?,57?,58?/m1/s1. The SMILES string of the molecule is CC(=O)NC1C(OCCCCCCOP(=O)(O)OCCCOCC(COCCCOP(=O)(O)OCCCCCCOC2OC(CO)C(O)C(O)C2NC(C)=O)(OCCCOP(=O)(O)OCCCCCCOC(OC(CO)[C@@H](C)O)[C@H](CO)NC(C)=O)C(C)C)OC(CO)C(O)C1O. The van der Waals surface area contributed by atoms with Gasteiger partial charge in [0.05, 0.1) is 85.4 Å². The van der Waals surface area contributed by atoms with Gasteiger partial charge in [0.1, 0.15) is 66.5 Å². The Hall–Kier alpha value is -1.98. The molecule has 97 heavy (non-hydrogen) atoms. The maximum absolute atomic E-state index is 12.8. The van der Waals surface area contributed by atoms with E-state index in [-0.39, 0.29) is 118 Å². The number of hydrogen-bond acceptors (Lipinski definition) is 30. The molecular formula is C58H114N3O33P3. The summed E-state index contributed by atoms with van der Waals surface area (Å²) in [4.78, 5) is 66.0. The number of hydrogen-bond donors (Lipinski definition) is 15. The van der Waals surface area contributed by atoms with E-state index in [1.165, 1.54) is 27.7 Å². The van der Waals surface area contributed by atoms with Crippen molar-refractivity contribution in [2.45, 2.75) is 229 Å². The molecule has 0 aromatic carbocycles. The maximum Gasteiger partial charge on any atom is 0.472 e. The van der Waals surface area contributed by atoms with Crippen LogP contribution in [0.2, 0.25) is 0 Å². The van der Waals surface area contributed by atoms with Gasteiger partial charge in [0, 0.05) is 60.4 Å². The number of carbonyl (C=O) groups is 3. The minimum Gasteiger partial charge on any atom is -0.394 e. The Labute approximate surface area is 568 Å². The van der Waals surface area contributed by atoms with Gasteiger partial charge in [-0.05, 0) is 70.6 Å². The van der Waals surface area contributed by atoms with E-state index in [4.69, 9.17) is 69.8 Å². The summed E-state index contributed by atoms with van der Waals surface area (Å²) in [6, 6.07) is -3.11. The molecule has 574 valence electrons. The molecule has 0 spiro atoms. The molecule has 2 rings (SSSR count). The average molecular weight is 1470 g/mol. The van der Waals surface area contributed by atoms with E-state index in [9.17, 15) is 88.7 Å². The minimum absolute atomic E-state index is 0.0109. The third-order valence-corrected chi connectivity index (χ3v) is 18.3. The molecule has 3 amide bonds. The minimum atomic E-state index is -4.49. The molecule has 36 nitrogen and oxygen atoms in total. The lowest BCUT2D eigenvalue weighted by Crippen LogP contribution is -2.64. The van der Waals surface area contributed by atoms with Crippen molar-refractivity contribution in [3.8, 4) is 0 Å². The lowest BCUT2D eigenvalue weighted by molar-refractivity contribution is -0.270. The van der Waals surface area contributed by atoms with E-state index in [0.29, 0.717) is 77.0 Å². The average Bonchev–Trinajstić information content (AvgIpc) is 0.818. The lowest BCUT2D eigenvalue weighted by Gasteiger charge is -2.42. The van der Waals surface area contributed by atoms with E-state index in [0.717, 1.165) is 0 Å². The van der Waals surface area contributed by atoms with Gasteiger partial charge in [0.2, 0.25) is 17.7 Å². The molecule has 2 saturated heterocycles. The Bertz CT molecular complexity index is 2160. The smallest absolute Gasteiger partial charge is 0.394 e. The topological polar surface area (TPSA) is 520 Å². The molecular weight excluding hydrogens is 1360 g/mol. The van der Waals surface area contributed by atoms with E-state index in [1.807, 2.05) is 13.8 Å². The summed E-state index contributed by atoms with van der Waals surface area (Å²) in [6.07, 6.45) is -6.94. The van der Waals surface area contributed by atoms with Crippen molar-refractivity contribution in [3.63, 3.8) is 0 Å². The maximum atomic E-state index is 12.8. The molecule has 0 saturated carbocycles. The van der Waals surface area contributed by atoms with Crippen molar-refractivity contribution in [3.05, 3.63) is 0 Å². The molecule has 15 N–H and O–H groups in total. The first-order valence-corrected chi connectivity index (χ1v) is 37.6. The predicted octanol–water partition coefficient (Wildman–Crippen LogP) is 0.202. The number of amides is 3. The van der Waals surface area contributed by atoms with Crippen molar-refractivity contribution in [1.29, 1.82) is 0 Å². The van der Waals surface area contributed by atoms with Gasteiger partial charge in [-0.1, -0.05) is 52.4 Å². The first-order valence-electron chi connectivity index (χ1n) is 33.1. The second kappa shape index (κ2) is 50.4. The fourth-order valence-corrected chi connectivity index (χ4v) is 12.0. The summed E-state index contributed by atoms with van der Waals surface area (Å²) >= 11 is 0. The van der Waals surface area contributed by atoms with Crippen LogP contribution in [-0.4, -0.2) is 289 Å². The first kappa shape index (κ1) is 91.1. The van der Waals surface area contributed by atoms with Crippen LogP contribution in [0.25, 0.3) is 0 Å². The van der Waals surface area contributed by atoms with E-state index >= 15 is 0 Å². The summed E-state index contributed by atoms with van der Waals surface area (Å²) < 4.78 is 121. The Balaban J connectivity index is 1.86. The number of phosphoric acid groups is 3. The number of aliphatic hydroxyl groups is 9. The van der Waals surface area contributed by atoms with Gasteiger partial charge in [-0.3, -0.25) is 41.5 Å². The molecule has 2 aliphatic rings. The van der Waals surface area contributed by atoms with Gasteiger partial charge in [0.15, 0.2) is 18.9 Å². The molecule has 2 heterocycles. The molecule has 17 atom stereocenters. The first-order chi connectivity index (χ1) is 46.0. The Morgan fingerprint density at radius 3 is 1.16 bits per heavy atom. The molecule has 0 aromatic heterocycles. The van der Waals surface area contributed by atoms with Gasteiger partial charge >= 0.3 is 23.5 Å². The van der Waals surface area contributed by atoms with Crippen LogP contribution in [0.15, 0.2) is 0 Å². The van der Waals surface area contributed by atoms with Crippen molar-refractivity contribution in [2.24, 2.45) is 5.92 Å². The molecule has 15 unspecified atom stereocenters. The third-order valence-electron chi connectivity index (χ3n) is 15.2. The van der Waals surface area contributed by atoms with E-state index < -0.39 is 159 Å². The van der Waals surface area contributed by atoms with Crippen LogP contribution in [0.3, 0.4) is 0 Å². The molecule has 2 fully saturated rings. The van der Waals surface area contributed by atoms with Crippen LogP contribution in [0.5, 0.6) is 0 Å². The number of unbranched alkanes of at least 4 members (excludes halogenated alkanes) is 9. The second-order valence-corrected chi connectivity index (χ2v) is 28.2.